The van der Waals surface area contributed by atoms with Crippen molar-refractivity contribution < 1.29 is 22.7 Å². The number of carbonyl (C=O) groups is 2. The highest BCUT2D eigenvalue weighted by Gasteiger charge is 2.31. The third-order valence-corrected chi connectivity index (χ3v) is 8.89. The van der Waals surface area contributed by atoms with Gasteiger partial charge in [-0.1, -0.05) is 48.0 Å². The lowest BCUT2D eigenvalue weighted by Gasteiger charge is -2.35. The maximum atomic E-state index is 13.4. The van der Waals surface area contributed by atoms with Crippen LogP contribution in [0.3, 0.4) is 0 Å². The second-order valence-electron chi connectivity index (χ2n) is 10.5. The van der Waals surface area contributed by atoms with Gasteiger partial charge in [-0.25, -0.2) is 13.4 Å². The number of carbonyl (C=O) groups excluding carboxylic acids is 2. The molecule has 3 aromatic carbocycles. The molecule has 0 bridgehead atoms. The van der Waals surface area contributed by atoms with Gasteiger partial charge in [0.2, 0.25) is 5.91 Å². The fourth-order valence-electron chi connectivity index (χ4n) is 5.23. The van der Waals surface area contributed by atoms with E-state index in [1.54, 1.807) is 73.2 Å². The number of anilines is 1. The van der Waals surface area contributed by atoms with Gasteiger partial charge in [0.25, 0.3) is 5.91 Å². The molecule has 0 spiro atoms. The number of rotatable bonds is 10. The summed E-state index contributed by atoms with van der Waals surface area (Å²) in [6, 6.07) is 18.1. The Morgan fingerprint density at radius 2 is 1.81 bits per heavy atom. The Balaban J connectivity index is 1.35. The zero-order valence-corrected chi connectivity index (χ0v) is 25.3. The van der Waals surface area contributed by atoms with Crippen molar-refractivity contribution in [3.8, 4) is 5.75 Å². The van der Waals surface area contributed by atoms with Crippen LogP contribution >= 0.6 is 11.6 Å². The largest absolute Gasteiger partial charge is 0.492 e. The minimum atomic E-state index is -3.28. The number of amides is 2. The Morgan fingerprint density at radius 1 is 1.12 bits per heavy atom. The summed E-state index contributed by atoms with van der Waals surface area (Å²) >= 11 is 5.97. The monoisotopic (exact) mass is 621 g/mol. The quantitative estimate of drug-likeness (QED) is 0.275. The number of para-hydroxylation sites is 1. The molecule has 12 heteroatoms. The van der Waals surface area contributed by atoms with Crippen LogP contribution in [0, 0.1) is 0 Å². The number of ether oxygens (including phenoxy) is 1. The van der Waals surface area contributed by atoms with Crippen molar-refractivity contribution in [1.29, 1.82) is 0 Å². The van der Waals surface area contributed by atoms with Gasteiger partial charge < -0.3 is 25.3 Å². The first kappa shape index (κ1) is 30.1. The van der Waals surface area contributed by atoms with Gasteiger partial charge in [0.15, 0.2) is 9.84 Å². The molecule has 2 amide bonds. The van der Waals surface area contributed by atoms with Gasteiger partial charge in [-0.2, -0.15) is 0 Å². The Kier molecular flexibility index (Phi) is 8.74. The van der Waals surface area contributed by atoms with Crippen molar-refractivity contribution in [2.75, 3.05) is 24.8 Å². The van der Waals surface area contributed by atoms with Gasteiger partial charge in [-0.15, -0.1) is 0 Å². The molecule has 1 aliphatic heterocycles. The van der Waals surface area contributed by atoms with Crippen LogP contribution < -0.4 is 20.7 Å². The zero-order chi connectivity index (χ0) is 30.7. The summed E-state index contributed by atoms with van der Waals surface area (Å²) in [6.45, 7) is 0.877. The Bertz CT molecular complexity index is 1740. The van der Waals surface area contributed by atoms with Crippen molar-refractivity contribution in [3.05, 3.63) is 107 Å². The minimum absolute atomic E-state index is 0.124. The van der Waals surface area contributed by atoms with E-state index in [2.05, 4.69) is 15.2 Å². The highest BCUT2D eigenvalue weighted by Crippen LogP contribution is 2.39. The van der Waals surface area contributed by atoms with Crippen LogP contribution in [0.15, 0.2) is 84.1 Å². The van der Waals surface area contributed by atoms with Crippen LogP contribution in [0.5, 0.6) is 5.75 Å². The molecule has 224 valence electrons. The predicted molar refractivity (Wildman–Crippen MR) is 164 cm³/mol. The Labute approximate surface area is 255 Å². The molecule has 1 aliphatic rings. The van der Waals surface area contributed by atoms with Crippen molar-refractivity contribution in [2.24, 2.45) is 5.73 Å². The number of nitrogens with two attached hydrogens (primary N) is 1. The molecule has 43 heavy (non-hydrogen) atoms. The molecule has 10 nitrogen and oxygen atoms in total. The number of primary amides is 1. The number of benzene rings is 3. The van der Waals surface area contributed by atoms with E-state index in [0.29, 0.717) is 35.9 Å². The highest BCUT2D eigenvalue weighted by atomic mass is 35.5. The molecule has 0 aliphatic carbocycles. The molecule has 0 saturated heterocycles. The lowest BCUT2D eigenvalue weighted by molar-refractivity contribution is -0.119. The number of aromatic nitrogens is 2. The second-order valence-corrected chi connectivity index (χ2v) is 13.0. The van der Waals surface area contributed by atoms with Crippen molar-refractivity contribution in [1.82, 2.24) is 14.9 Å². The first-order valence-electron chi connectivity index (χ1n) is 13.6. The van der Waals surface area contributed by atoms with Crippen LogP contribution in [0.2, 0.25) is 5.02 Å². The minimum Gasteiger partial charge on any atom is -0.492 e. The summed E-state index contributed by atoms with van der Waals surface area (Å²) in [7, 11) is -1.32. The molecule has 1 aromatic heterocycles. The molecule has 4 aromatic rings. The standard InChI is InChI=1S/C31H32ClN5O5S/c1-36(28-17-34-19-37(28)18-21-8-12-23(13-9-21)43(2,40)41)27-14-15-42-29-24(27)4-3-5-25(29)31(39)35-26(30(33)38)16-20-6-10-22(32)11-7-20/h3-13,17,19,26-27H,14-16,18H2,1-2H3,(H2,33,38)(H,35,39)/t26-,27?/m0/s1. The fourth-order valence-corrected chi connectivity index (χ4v) is 5.99. The number of nitrogens with zero attached hydrogens (tertiary/aromatic N) is 3. The summed E-state index contributed by atoms with van der Waals surface area (Å²) in [5.74, 6) is 0.197. The topological polar surface area (TPSA) is 137 Å². The first-order valence-corrected chi connectivity index (χ1v) is 15.9. The summed E-state index contributed by atoms with van der Waals surface area (Å²) in [5.41, 5.74) is 8.52. The Morgan fingerprint density at radius 3 is 2.49 bits per heavy atom. The van der Waals surface area contributed by atoms with E-state index in [1.165, 1.54) is 6.26 Å². The lowest BCUT2D eigenvalue weighted by Crippen LogP contribution is -2.46. The van der Waals surface area contributed by atoms with Crippen LogP contribution in [-0.4, -0.2) is 55.7 Å². The maximum absolute atomic E-state index is 13.4. The van der Waals surface area contributed by atoms with Gasteiger partial charge in [-0.05, 0) is 41.5 Å². The lowest BCUT2D eigenvalue weighted by atomic mass is 9.95. The molecule has 3 N–H and O–H groups in total. The van der Waals surface area contributed by atoms with E-state index >= 15 is 0 Å². The summed E-state index contributed by atoms with van der Waals surface area (Å²) in [4.78, 5) is 32.4. The zero-order valence-electron chi connectivity index (χ0n) is 23.7. The van der Waals surface area contributed by atoms with Gasteiger partial charge in [-0.3, -0.25) is 9.59 Å². The normalized spacial score (nSPS) is 15.2. The summed E-state index contributed by atoms with van der Waals surface area (Å²) < 4.78 is 31.7. The van der Waals surface area contributed by atoms with Crippen LogP contribution in [0.25, 0.3) is 0 Å². The third kappa shape index (κ3) is 6.84. The van der Waals surface area contributed by atoms with E-state index in [1.807, 2.05) is 17.7 Å². The third-order valence-electron chi connectivity index (χ3n) is 7.51. The number of sulfone groups is 1. The van der Waals surface area contributed by atoms with Gasteiger partial charge in [0.1, 0.15) is 17.6 Å². The average Bonchev–Trinajstić information content (AvgIpc) is 3.44. The van der Waals surface area contributed by atoms with Gasteiger partial charge in [0.05, 0.1) is 42.2 Å². The number of halogens is 1. The number of nitrogens with one attached hydrogen (secondary N) is 1. The number of fused-ring (bicyclic) bond motifs is 1. The highest BCUT2D eigenvalue weighted by molar-refractivity contribution is 7.90. The van der Waals surface area contributed by atoms with E-state index in [9.17, 15) is 18.0 Å². The first-order chi connectivity index (χ1) is 20.5. The molecule has 0 saturated carbocycles. The van der Waals surface area contributed by atoms with Crippen molar-refractivity contribution >= 4 is 39.1 Å². The summed E-state index contributed by atoms with van der Waals surface area (Å²) in [6.07, 6.45) is 5.57. The number of hydrogen-bond donors (Lipinski definition) is 2. The average molecular weight is 622 g/mol. The van der Waals surface area contributed by atoms with Crippen LogP contribution in [-0.2, 0) is 27.6 Å². The molecule has 5 rings (SSSR count). The Hall–Kier alpha value is -4.35. The smallest absolute Gasteiger partial charge is 0.255 e. The predicted octanol–water partition coefficient (Wildman–Crippen LogP) is 3.77. The molecule has 2 atom stereocenters. The molecular weight excluding hydrogens is 590 g/mol. The second kappa shape index (κ2) is 12.5. The van der Waals surface area contributed by atoms with E-state index in [0.717, 1.165) is 22.5 Å². The van der Waals surface area contributed by atoms with E-state index in [-0.39, 0.29) is 17.4 Å². The van der Waals surface area contributed by atoms with Gasteiger partial charge >= 0.3 is 0 Å². The number of imidazole rings is 1. The fraction of sp³-hybridized carbons (Fsp3) is 0.258. The maximum Gasteiger partial charge on any atom is 0.255 e. The molecule has 0 fully saturated rings. The molecule has 2 heterocycles. The van der Waals surface area contributed by atoms with E-state index in [4.69, 9.17) is 22.1 Å². The van der Waals surface area contributed by atoms with Gasteiger partial charge in [0, 0.05) is 36.7 Å². The van der Waals surface area contributed by atoms with Crippen molar-refractivity contribution in [2.45, 2.75) is 36.4 Å². The van der Waals surface area contributed by atoms with Crippen LogP contribution in [0.1, 0.15) is 39.5 Å². The SMILES string of the molecule is CN(c1cncn1Cc1ccc(S(C)(=O)=O)cc1)C1CCOc2c(C(=O)N[C@@H](Cc3ccc(Cl)cc3)C(N)=O)cccc21. The molecule has 1 unspecified atom stereocenters. The molecular formula is C31H32ClN5O5S. The van der Waals surface area contributed by atoms with Crippen LogP contribution in [0.4, 0.5) is 5.82 Å². The molecule has 0 radical (unpaired) electrons. The summed E-state index contributed by atoms with van der Waals surface area (Å²) in [5, 5.41) is 3.35. The number of hydrogen-bond acceptors (Lipinski definition) is 7. The van der Waals surface area contributed by atoms with Crippen molar-refractivity contribution in [3.63, 3.8) is 0 Å². The van der Waals surface area contributed by atoms with E-state index < -0.39 is 27.7 Å².